The summed E-state index contributed by atoms with van der Waals surface area (Å²) >= 11 is 0. The summed E-state index contributed by atoms with van der Waals surface area (Å²) in [6, 6.07) is 4.73. The highest BCUT2D eigenvalue weighted by Crippen LogP contribution is 2.28. The molecular formula is C17H23F3IN3. The molecule has 0 spiro atoms. The fourth-order valence-corrected chi connectivity index (χ4v) is 1.82. The maximum Gasteiger partial charge on any atom is 0.416 e. The van der Waals surface area contributed by atoms with Gasteiger partial charge in [0.05, 0.1) is 12.1 Å². The second kappa shape index (κ2) is 12.0. The third-order valence-electron chi connectivity index (χ3n) is 3.10. The zero-order chi connectivity index (χ0) is 17.1. The lowest BCUT2D eigenvalue weighted by Gasteiger charge is -2.05. The molecule has 1 aromatic carbocycles. The molecule has 24 heavy (non-hydrogen) atoms. The fourth-order valence-electron chi connectivity index (χ4n) is 1.82. The van der Waals surface area contributed by atoms with Crippen LogP contribution in [0.5, 0.6) is 0 Å². The van der Waals surface area contributed by atoms with E-state index < -0.39 is 11.7 Å². The van der Waals surface area contributed by atoms with Gasteiger partial charge in [-0.05, 0) is 30.7 Å². The van der Waals surface area contributed by atoms with Crippen LogP contribution in [-0.4, -0.2) is 19.0 Å². The molecule has 0 saturated heterocycles. The summed E-state index contributed by atoms with van der Waals surface area (Å²) in [6.07, 6.45) is 0.197. The van der Waals surface area contributed by atoms with Crippen molar-refractivity contribution in [3.05, 3.63) is 35.4 Å². The number of hydrogen-bond acceptors (Lipinski definition) is 1. The third kappa shape index (κ3) is 9.65. The highest BCUT2D eigenvalue weighted by Gasteiger charge is 2.29. The maximum absolute atomic E-state index is 12.4. The van der Waals surface area contributed by atoms with Crippen molar-refractivity contribution < 1.29 is 13.2 Å². The van der Waals surface area contributed by atoms with Crippen LogP contribution in [0.4, 0.5) is 13.2 Å². The number of guanidine groups is 1. The number of nitrogens with two attached hydrogens (primary N) is 1. The van der Waals surface area contributed by atoms with Crippen molar-refractivity contribution >= 4 is 29.9 Å². The maximum atomic E-state index is 12.4. The topological polar surface area (TPSA) is 50.4 Å². The summed E-state index contributed by atoms with van der Waals surface area (Å²) in [5.41, 5.74) is 5.52. The fraction of sp³-hybridized carbons (Fsp3) is 0.471. The van der Waals surface area contributed by atoms with Gasteiger partial charge in [0.1, 0.15) is 0 Å². The van der Waals surface area contributed by atoms with Gasteiger partial charge in [-0.15, -0.1) is 24.0 Å². The van der Waals surface area contributed by atoms with Gasteiger partial charge in [0.2, 0.25) is 0 Å². The molecule has 1 aromatic rings. The second-order valence-electron chi connectivity index (χ2n) is 5.06. The zero-order valence-electron chi connectivity index (χ0n) is 13.6. The minimum atomic E-state index is -4.32. The summed E-state index contributed by atoms with van der Waals surface area (Å²) in [6.45, 7) is 3.13. The van der Waals surface area contributed by atoms with Gasteiger partial charge in [0, 0.05) is 12.1 Å². The Labute approximate surface area is 158 Å². The van der Waals surface area contributed by atoms with Crippen molar-refractivity contribution in [1.29, 1.82) is 0 Å². The molecule has 3 nitrogen and oxygen atoms in total. The average molecular weight is 453 g/mol. The largest absolute Gasteiger partial charge is 0.416 e. The Morgan fingerprint density at radius 3 is 2.42 bits per heavy atom. The first kappa shape index (κ1) is 22.6. The van der Waals surface area contributed by atoms with E-state index in [4.69, 9.17) is 5.73 Å². The molecule has 0 aliphatic rings. The van der Waals surface area contributed by atoms with E-state index in [1.54, 1.807) is 0 Å². The molecule has 0 aliphatic carbocycles. The first-order valence-corrected chi connectivity index (χ1v) is 7.63. The van der Waals surface area contributed by atoms with Gasteiger partial charge in [-0.2, -0.15) is 13.2 Å². The lowest BCUT2D eigenvalue weighted by atomic mass is 10.1. The number of halogens is 4. The van der Waals surface area contributed by atoms with Gasteiger partial charge in [0.15, 0.2) is 5.96 Å². The summed E-state index contributed by atoms with van der Waals surface area (Å²) in [4.78, 5) is 4.17. The van der Waals surface area contributed by atoms with E-state index >= 15 is 0 Å². The van der Waals surface area contributed by atoms with Crippen molar-refractivity contribution in [3.63, 3.8) is 0 Å². The normalized spacial score (nSPS) is 11.2. The summed E-state index contributed by atoms with van der Waals surface area (Å²) in [5, 5.41) is 2.85. The van der Waals surface area contributed by atoms with Crippen LogP contribution in [0.15, 0.2) is 29.3 Å². The molecule has 0 aromatic heterocycles. The number of nitrogens with one attached hydrogen (secondary N) is 1. The van der Waals surface area contributed by atoms with Crippen molar-refractivity contribution in [2.45, 2.75) is 38.8 Å². The lowest BCUT2D eigenvalue weighted by molar-refractivity contribution is -0.137. The molecule has 0 amide bonds. The van der Waals surface area contributed by atoms with E-state index in [9.17, 15) is 13.2 Å². The lowest BCUT2D eigenvalue weighted by Crippen LogP contribution is -2.32. The zero-order valence-corrected chi connectivity index (χ0v) is 15.9. The van der Waals surface area contributed by atoms with Crippen LogP contribution in [-0.2, 0) is 6.18 Å². The SMILES string of the molecule is CCCCCCN=C(N)NCC#Cc1ccc(C(F)(F)F)cc1.I. The van der Waals surface area contributed by atoms with Crippen molar-refractivity contribution in [3.8, 4) is 11.8 Å². The molecule has 0 atom stereocenters. The van der Waals surface area contributed by atoms with Crippen LogP contribution in [0.2, 0.25) is 0 Å². The first-order chi connectivity index (χ1) is 10.9. The van der Waals surface area contributed by atoms with E-state index in [1.165, 1.54) is 25.0 Å². The van der Waals surface area contributed by atoms with Crippen LogP contribution in [0, 0.1) is 11.8 Å². The highest BCUT2D eigenvalue weighted by atomic mass is 127. The Morgan fingerprint density at radius 1 is 1.17 bits per heavy atom. The minimum absolute atomic E-state index is 0. The van der Waals surface area contributed by atoms with Gasteiger partial charge in [0.25, 0.3) is 0 Å². The van der Waals surface area contributed by atoms with Crippen LogP contribution in [0.25, 0.3) is 0 Å². The number of alkyl halides is 3. The second-order valence-corrected chi connectivity index (χ2v) is 5.06. The molecule has 3 N–H and O–H groups in total. The van der Waals surface area contributed by atoms with E-state index in [0.29, 0.717) is 24.6 Å². The van der Waals surface area contributed by atoms with Gasteiger partial charge in [-0.3, -0.25) is 4.99 Å². The van der Waals surface area contributed by atoms with Crippen LogP contribution >= 0.6 is 24.0 Å². The number of hydrogen-bond donors (Lipinski definition) is 2. The smallest absolute Gasteiger partial charge is 0.370 e. The van der Waals surface area contributed by atoms with Crippen molar-refractivity contribution in [1.82, 2.24) is 5.32 Å². The van der Waals surface area contributed by atoms with Crippen LogP contribution in [0.3, 0.4) is 0 Å². The Morgan fingerprint density at radius 2 is 1.83 bits per heavy atom. The molecule has 0 aliphatic heterocycles. The molecule has 7 heteroatoms. The highest BCUT2D eigenvalue weighted by molar-refractivity contribution is 14.0. The summed E-state index contributed by atoms with van der Waals surface area (Å²) < 4.78 is 37.2. The van der Waals surface area contributed by atoms with Crippen LogP contribution in [0.1, 0.15) is 43.7 Å². The van der Waals surface area contributed by atoms with Gasteiger partial charge < -0.3 is 11.1 Å². The molecule has 0 bridgehead atoms. The number of nitrogens with zero attached hydrogens (tertiary/aromatic N) is 1. The average Bonchev–Trinajstić information content (AvgIpc) is 2.51. The quantitative estimate of drug-likeness (QED) is 0.224. The molecule has 0 heterocycles. The molecular weight excluding hydrogens is 430 g/mol. The Bertz CT molecular complexity index is 557. The predicted octanol–water partition coefficient (Wildman–Crippen LogP) is 4.16. The number of unbranched alkanes of at least 4 members (excludes halogenated alkanes) is 3. The van der Waals surface area contributed by atoms with Gasteiger partial charge in [-0.1, -0.05) is 38.0 Å². The minimum Gasteiger partial charge on any atom is -0.370 e. The monoisotopic (exact) mass is 453 g/mol. The molecule has 0 unspecified atom stereocenters. The molecule has 1 rings (SSSR count). The predicted molar refractivity (Wildman–Crippen MR) is 102 cm³/mol. The first-order valence-electron chi connectivity index (χ1n) is 7.63. The Balaban J connectivity index is 0.00000529. The molecule has 0 saturated carbocycles. The molecule has 0 fully saturated rings. The summed E-state index contributed by atoms with van der Waals surface area (Å²) in [7, 11) is 0. The van der Waals surface area contributed by atoms with E-state index in [-0.39, 0.29) is 24.0 Å². The third-order valence-corrected chi connectivity index (χ3v) is 3.10. The Hall–Kier alpha value is -1.43. The Kier molecular flexibility index (Phi) is 11.3. The summed E-state index contributed by atoms with van der Waals surface area (Å²) in [5.74, 6) is 5.91. The van der Waals surface area contributed by atoms with Gasteiger partial charge in [-0.25, -0.2) is 0 Å². The standard InChI is InChI=1S/C17H22F3N3.HI/c1-2-3-4-5-12-22-16(21)23-13-6-7-14-8-10-15(11-9-14)17(18,19)20;/h8-11H,2-5,12-13H2,1H3,(H3,21,22,23);1H. The molecule has 134 valence electrons. The van der Waals surface area contributed by atoms with Crippen molar-refractivity contribution in [2.24, 2.45) is 10.7 Å². The number of benzene rings is 1. The number of rotatable bonds is 6. The molecule has 0 radical (unpaired) electrons. The van der Waals surface area contributed by atoms with E-state index in [2.05, 4.69) is 29.1 Å². The van der Waals surface area contributed by atoms with Crippen molar-refractivity contribution in [2.75, 3.05) is 13.1 Å². The van der Waals surface area contributed by atoms with E-state index in [1.807, 2.05) is 0 Å². The van der Waals surface area contributed by atoms with Crippen LogP contribution < -0.4 is 11.1 Å². The number of aliphatic imine (C=N–C) groups is 1. The van der Waals surface area contributed by atoms with E-state index in [0.717, 1.165) is 25.0 Å². The van der Waals surface area contributed by atoms with Gasteiger partial charge >= 0.3 is 6.18 Å².